The van der Waals surface area contributed by atoms with E-state index < -0.39 is 0 Å². The molecule has 0 aliphatic heterocycles. The van der Waals surface area contributed by atoms with Crippen LogP contribution in [0.1, 0.15) is 16.6 Å². The topological polar surface area (TPSA) is 47.0 Å². The molecular weight excluding hydrogens is 222 g/mol. The van der Waals surface area contributed by atoms with Gasteiger partial charge < -0.3 is 10.1 Å². The van der Waals surface area contributed by atoms with Crippen LogP contribution in [0.2, 0.25) is 0 Å². The van der Waals surface area contributed by atoms with Crippen molar-refractivity contribution in [2.45, 2.75) is 6.04 Å². The summed E-state index contributed by atoms with van der Waals surface area (Å²) in [6, 6.07) is 3.94. The third kappa shape index (κ3) is 2.20. The third-order valence-corrected chi connectivity index (χ3v) is 3.13. The molecule has 2 aromatic rings. The molecule has 0 fully saturated rings. The molecule has 2 rings (SSSR count). The van der Waals surface area contributed by atoms with Gasteiger partial charge in [-0.2, -0.15) is 0 Å². The zero-order valence-corrected chi connectivity index (χ0v) is 9.99. The molecule has 1 unspecified atom stereocenters. The van der Waals surface area contributed by atoms with Crippen LogP contribution in [-0.2, 0) is 0 Å². The molecule has 16 heavy (non-hydrogen) atoms. The van der Waals surface area contributed by atoms with Crippen LogP contribution >= 0.6 is 11.3 Å². The summed E-state index contributed by atoms with van der Waals surface area (Å²) >= 11 is 1.63. The third-order valence-electron chi connectivity index (χ3n) is 2.29. The molecule has 2 heterocycles. The molecule has 1 atom stereocenters. The first-order chi connectivity index (χ1) is 7.85. The van der Waals surface area contributed by atoms with Gasteiger partial charge in [0.2, 0.25) is 5.88 Å². The average molecular weight is 235 g/mol. The first-order valence-electron chi connectivity index (χ1n) is 4.91. The van der Waals surface area contributed by atoms with E-state index in [1.54, 1.807) is 30.8 Å². The zero-order chi connectivity index (χ0) is 11.4. The van der Waals surface area contributed by atoms with Crippen LogP contribution < -0.4 is 10.1 Å². The lowest BCUT2D eigenvalue weighted by Crippen LogP contribution is -2.17. The van der Waals surface area contributed by atoms with Crippen LogP contribution in [0, 0.1) is 0 Å². The minimum atomic E-state index is 0.0957. The molecule has 0 amide bonds. The number of methoxy groups -OCH3 is 1. The van der Waals surface area contributed by atoms with Gasteiger partial charge in [0, 0.05) is 23.8 Å². The fraction of sp³-hybridized carbons (Fsp3) is 0.273. The van der Waals surface area contributed by atoms with Crippen molar-refractivity contribution in [1.29, 1.82) is 0 Å². The van der Waals surface area contributed by atoms with E-state index >= 15 is 0 Å². The van der Waals surface area contributed by atoms with Crippen molar-refractivity contribution in [1.82, 2.24) is 15.3 Å². The minimum Gasteiger partial charge on any atom is -0.481 e. The van der Waals surface area contributed by atoms with E-state index in [9.17, 15) is 0 Å². The summed E-state index contributed by atoms with van der Waals surface area (Å²) in [6.07, 6.45) is 3.61. The van der Waals surface area contributed by atoms with Crippen LogP contribution in [-0.4, -0.2) is 24.1 Å². The average Bonchev–Trinajstić information content (AvgIpc) is 2.85. The summed E-state index contributed by atoms with van der Waals surface area (Å²) in [5.74, 6) is 0.623. The Hall–Kier alpha value is -1.46. The largest absolute Gasteiger partial charge is 0.481 e. The summed E-state index contributed by atoms with van der Waals surface area (Å²) < 4.78 is 5.03. The molecule has 0 bridgehead atoms. The fourth-order valence-electron chi connectivity index (χ4n) is 1.49. The Kier molecular flexibility index (Phi) is 3.48. The molecular formula is C11H13N3OS. The Balaban J connectivity index is 2.27. The predicted molar refractivity (Wildman–Crippen MR) is 63.8 cm³/mol. The van der Waals surface area contributed by atoms with E-state index in [0.717, 1.165) is 10.6 Å². The van der Waals surface area contributed by atoms with Crippen molar-refractivity contribution >= 4 is 11.3 Å². The molecule has 84 valence electrons. The Morgan fingerprint density at radius 2 is 2.25 bits per heavy atom. The lowest BCUT2D eigenvalue weighted by Gasteiger charge is -2.13. The van der Waals surface area contributed by atoms with Crippen molar-refractivity contribution in [2.75, 3.05) is 14.2 Å². The molecule has 0 aliphatic carbocycles. The molecule has 1 N–H and O–H groups in total. The maximum absolute atomic E-state index is 5.03. The number of hydrogen-bond acceptors (Lipinski definition) is 5. The van der Waals surface area contributed by atoms with Gasteiger partial charge in [0.25, 0.3) is 0 Å². The van der Waals surface area contributed by atoms with E-state index in [4.69, 9.17) is 4.74 Å². The van der Waals surface area contributed by atoms with Crippen LogP contribution in [0.3, 0.4) is 0 Å². The highest BCUT2D eigenvalue weighted by Gasteiger charge is 2.14. The fourth-order valence-corrected chi connectivity index (χ4v) is 2.27. The molecule has 0 radical (unpaired) electrons. The first kappa shape index (κ1) is 11.0. The van der Waals surface area contributed by atoms with Gasteiger partial charge in [-0.25, -0.2) is 9.97 Å². The second-order valence-electron chi connectivity index (χ2n) is 3.23. The summed E-state index contributed by atoms with van der Waals surface area (Å²) in [6.45, 7) is 0. The van der Waals surface area contributed by atoms with Crippen molar-refractivity contribution < 1.29 is 4.74 Å². The summed E-state index contributed by atoms with van der Waals surface area (Å²) in [4.78, 5) is 8.49. The van der Waals surface area contributed by atoms with Crippen molar-refractivity contribution in [2.24, 2.45) is 0 Å². The van der Waals surface area contributed by atoms with E-state index in [-0.39, 0.29) is 6.04 Å². The van der Waals surface area contributed by atoms with Gasteiger partial charge in [0.05, 0.1) is 13.2 Å². The monoisotopic (exact) mass is 235 g/mol. The highest BCUT2D eigenvalue weighted by Crippen LogP contribution is 2.23. The summed E-state index contributed by atoms with van der Waals surface area (Å²) in [7, 11) is 3.52. The van der Waals surface area contributed by atoms with Gasteiger partial charge >= 0.3 is 0 Å². The normalized spacial score (nSPS) is 12.4. The van der Waals surface area contributed by atoms with Gasteiger partial charge in [-0.3, -0.25) is 0 Å². The maximum atomic E-state index is 5.03. The molecule has 4 nitrogen and oxygen atoms in total. The number of nitrogens with one attached hydrogen (secondary N) is 1. The Morgan fingerprint density at radius 1 is 1.38 bits per heavy atom. The second kappa shape index (κ2) is 5.05. The van der Waals surface area contributed by atoms with Crippen LogP contribution in [0.5, 0.6) is 5.88 Å². The number of hydrogen-bond donors (Lipinski definition) is 1. The molecule has 0 aromatic carbocycles. The van der Waals surface area contributed by atoms with E-state index in [1.165, 1.54) is 0 Å². The molecule has 0 saturated carbocycles. The summed E-state index contributed by atoms with van der Waals surface area (Å²) in [5.41, 5.74) is 1.08. The predicted octanol–water partition coefficient (Wildman–Crippen LogP) is 1.86. The zero-order valence-electron chi connectivity index (χ0n) is 9.18. The number of rotatable bonds is 4. The Bertz CT molecular complexity index is 427. The molecule has 0 spiro atoms. The molecule has 0 aliphatic rings. The van der Waals surface area contributed by atoms with Gasteiger partial charge in [0.1, 0.15) is 5.01 Å². The van der Waals surface area contributed by atoms with Crippen molar-refractivity contribution in [3.8, 4) is 5.88 Å². The van der Waals surface area contributed by atoms with Crippen LogP contribution in [0.15, 0.2) is 29.9 Å². The lowest BCUT2D eigenvalue weighted by atomic mass is 10.1. The molecule has 0 saturated heterocycles. The highest BCUT2D eigenvalue weighted by molar-refractivity contribution is 7.09. The molecule has 5 heteroatoms. The van der Waals surface area contributed by atoms with Gasteiger partial charge in [0.15, 0.2) is 0 Å². The van der Waals surface area contributed by atoms with Crippen LogP contribution in [0.4, 0.5) is 0 Å². The number of pyridine rings is 1. The first-order valence-corrected chi connectivity index (χ1v) is 5.79. The number of ether oxygens (including phenoxy) is 1. The molecule has 2 aromatic heterocycles. The number of nitrogens with zero attached hydrogens (tertiary/aromatic N) is 2. The van der Waals surface area contributed by atoms with Crippen molar-refractivity contribution in [3.63, 3.8) is 0 Å². The Morgan fingerprint density at radius 3 is 2.75 bits per heavy atom. The van der Waals surface area contributed by atoms with Crippen LogP contribution in [0.25, 0.3) is 0 Å². The quantitative estimate of drug-likeness (QED) is 0.878. The SMILES string of the molecule is CNC(c1ccc(OC)nc1)c1nccs1. The highest BCUT2D eigenvalue weighted by atomic mass is 32.1. The smallest absolute Gasteiger partial charge is 0.212 e. The van der Waals surface area contributed by atoms with Gasteiger partial charge in [-0.15, -0.1) is 11.3 Å². The van der Waals surface area contributed by atoms with E-state index in [0.29, 0.717) is 5.88 Å². The standard InChI is InChI=1S/C11H13N3OS/c1-12-10(11-13-5-6-16-11)8-3-4-9(15-2)14-7-8/h3-7,10,12H,1-2H3. The lowest BCUT2D eigenvalue weighted by molar-refractivity contribution is 0.397. The number of thiazole rings is 1. The summed E-state index contributed by atoms with van der Waals surface area (Å²) in [5, 5.41) is 6.23. The van der Waals surface area contributed by atoms with Gasteiger partial charge in [-0.1, -0.05) is 6.07 Å². The van der Waals surface area contributed by atoms with Gasteiger partial charge in [-0.05, 0) is 12.6 Å². The van der Waals surface area contributed by atoms with E-state index in [2.05, 4.69) is 15.3 Å². The minimum absolute atomic E-state index is 0.0957. The number of aromatic nitrogens is 2. The Labute approximate surface area is 98.3 Å². The van der Waals surface area contributed by atoms with E-state index in [1.807, 2.05) is 24.6 Å². The van der Waals surface area contributed by atoms with Crippen molar-refractivity contribution in [3.05, 3.63) is 40.5 Å². The maximum Gasteiger partial charge on any atom is 0.212 e. The second-order valence-corrected chi connectivity index (χ2v) is 4.15.